The summed E-state index contributed by atoms with van der Waals surface area (Å²) in [7, 11) is 1.66. The maximum Gasteiger partial charge on any atom is 0.246 e. The number of rotatable bonds is 6. The van der Waals surface area contributed by atoms with E-state index < -0.39 is 0 Å². The summed E-state index contributed by atoms with van der Waals surface area (Å²) in [5, 5.41) is 1.00. The Bertz CT molecular complexity index is 1150. The van der Waals surface area contributed by atoms with Gasteiger partial charge in [-0.15, -0.1) is 0 Å². The van der Waals surface area contributed by atoms with E-state index in [2.05, 4.69) is 6.07 Å². The highest BCUT2D eigenvalue weighted by molar-refractivity contribution is 6.01. The van der Waals surface area contributed by atoms with Crippen LogP contribution in [-0.4, -0.2) is 37.6 Å². The van der Waals surface area contributed by atoms with Gasteiger partial charge in [0.25, 0.3) is 0 Å². The molecule has 0 unspecified atom stereocenters. The molecule has 1 aromatic heterocycles. The summed E-state index contributed by atoms with van der Waals surface area (Å²) in [6, 6.07) is 10.1. The highest BCUT2D eigenvalue weighted by Gasteiger charge is 2.20. The molecule has 1 saturated heterocycles. The molecule has 1 amide bonds. The lowest BCUT2D eigenvalue weighted by Gasteiger charge is -2.19. The molecule has 1 aliphatic heterocycles. The number of allylic oxidation sites excluding steroid dienone is 1. The van der Waals surface area contributed by atoms with Gasteiger partial charge in [0.15, 0.2) is 0 Å². The fourth-order valence-electron chi connectivity index (χ4n) is 4.64. The molecule has 0 radical (unpaired) electrons. The van der Waals surface area contributed by atoms with Gasteiger partial charge in [-0.25, -0.2) is 0 Å². The van der Waals surface area contributed by atoms with Crippen molar-refractivity contribution in [3.63, 3.8) is 0 Å². The van der Waals surface area contributed by atoms with Gasteiger partial charge in [-0.3, -0.25) is 4.79 Å². The van der Waals surface area contributed by atoms with E-state index in [-0.39, 0.29) is 5.91 Å². The third kappa shape index (κ3) is 4.77. The van der Waals surface area contributed by atoms with Crippen molar-refractivity contribution >= 4 is 22.4 Å². The van der Waals surface area contributed by atoms with E-state index in [0.29, 0.717) is 6.61 Å². The summed E-state index contributed by atoms with van der Waals surface area (Å²) in [5.41, 5.74) is 5.59. The Morgan fingerprint density at radius 1 is 1.12 bits per heavy atom. The first kappa shape index (κ1) is 23.0. The molecule has 4 rings (SSSR count). The zero-order valence-electron chi connectivity index (χ0n) is 20.1. The summed E-state index contributed by atoms with van der Waals surface area (Å²) in [6.45, 7) is 8.26. The minimum absolute atomic E-state index is 0.0770. The molecule has 0 atom stereocenters. The number of likely N-dealkylation sites (tertiary alicyclic amines) is 1. The number of methoxy groups -OCH3 is 1. The summed E-state index contributed by atoms with van der Waals surface area (Å²) in [4.78, 5) is 15.0. The van der Waals surface area contributed by atoms with E-state index in [9.17, 15) is 4.79 Å². The molecule has 5 heteroatoms. The van der Waals surface area contributed by atoms with E-state index in [0.717, 1.165) is 76.2 Å². The van der Waals surface area contributed by atoms with Crippen LogP contribution in [0.1, 0.15) is 50.7 Å². The van der Waals surface area contributed by atoms with Crippen molar-refractivity contribution in [3.05, 3.63) is 53.8 Å². The molecule has 1 fully saturated rings. The number of benzene rings is 2. The molecule has 174 valence electrons. The van der Waals surface area contributed by atoms with Crippen molar-refractivity contribution < 1.29 is 18.7 Å². The number of carbonyl (C=O) groups is 1. The second-order valence-corrected chi connectivity index (χ2v) is 8.63. The summed E-state index contributed by atoms with van der Waals surface area (Å²) < 4.78 is 17.3. The smallest absolute Gasteiger partial charge is 0.246 e. The Morgan fingerprint density at radius 3 is 2.45 bits per heavy atom. The maximum absolute atomic E-state index is 13.0. The summed E-state index contributed by atoms with van der Waals surface area (Å²) in [5.74, 6) is 1.67. The average molecular weight is 448 g/mol. The molecule has 0 aliphatic carbocycles. The number of aryl methyl sites for hydroxylation is 1. The third-order valence-corrected chi connectivity index (χ3v) is 6.41. The Hall–Kier alpha value is -3.21. The van der Waals surface area contributed by atoms with Crippen LogP contribution in [0.2, 0.25) is 0 Å². The van der Waals surface area contributed by atoms with Crippen LogP contribution in [0.15, 0.2) is 47.1 Å². The fourth-order valence-corrected chi connectivity index (χ4v) is 4.64. The number of furan rings is 1. The standard InChI is InChI=1S/C28H33NO4/c1-5-32-22-12-10-21(11-13-22)25-18-33-28-20(3)27(31-4)23(17-24(25)28)19(2)16-26(30)29-14-8-6-7-9-15-29/h10-13,16-18H,5-9,14-15H2,1-4H3/b19-16+. The van der Waals surface area contributed by atoms with Gasteiger partial charge in [0, 0.05) is 41.2 Å². The molecular weight excluding hydrogens is 414 g/mol. The van der Waals surface area contributed by atoms with Crippen LogP contribution in [0, 0.1) is 6.92 Å². The highest BCUT2D eigenvalue weighted by Crippen LogP contribution is 2.40. The van der Waals surface area contributed by atoms with E-state index in [4.69, 9.17) is 13.9 Å². The second kappa shape index (κ2) is 10.2. The molecule has 0 bridgehead atoms. The normalized spacial score (nSPS) is 14.9. The summed E-state index contributed by atoms with van der Waals surface area (Å²) >= 11 is 0. The first-order valence-corrected chi connectivity index (χ1v) is 11.8. The Morgan fingerprint density at radius 2 is 1.82 bits per heavy atom. The van der Waals surface area contributed by atoms with Gasteiger partial charge in [0.05, 0.1) is 20.0 Å². The van der Waals surface area contributed by atoms with Gasteiger partial charge in [0.2, 0.25) is 5.91 Å². The minimum atomic E-state index is 0.0770. The average Bonchev–Trinajstić information content (AvgIpc) is 3.05. The van der Waals surface area contributed by atoms with Crippen LogP contribution >= 0.6 is 0 Å². The van der Waals surface area contributed by atoms with Crippen molar-refractivity contribution in [1.29, 1.82) is 0 Å². The number of fused-ring (bicyclic) bond motifs is 1. The Labute approximate surface area is 196 Å². The molecule has 0 saturated carbocycles. The van der Waals surface area contributed by atoms with E-state index in [1.165, 1.54) is 12.8 Å². The topological polar surface area (TPSA) is 51.9 Å². The zero-order chi connectivity index (χ0) is 23.4. The predicted molar refractivity (Wildman–Crippen MR) is 133 cm³/mol. The number of ether oxygens (including phenoxy) is 2. The third-order valence-electron chi connectivity index (χ3n) is 6.41. The first-order chi connectivity index (χ1) is 16.0. The van der Waals surface area contributed by atoms with Crippen LogP contribution in [0.4, 0.5) is 0 Å². The second-order valence-electron chi connectivity index (χ2n) is 8.63. The molecule has 1 aliphatic rings. The van der Waals surface area contributed by atoms with E-state index in [1.807, 2.05) is 49.9 Å². The largest absolute Gasteiger partial charge is 0.496 e. The van der Waals surface area contributed by atoms with Crippen molar-refractivity contribution in [3.8, 4) is 22.6 Å². The van der Waals surface area contributed by atoms with Crippen LogP contribution in [0.25, 0.3) is 27.7 Å². The van der Waals surface area contributed by atoms with Gasteiger partial charge >= 0.3 is 0 Å². The van der Waals surface area contributed by atoms with Crippen LogP contribution < -0.4 is 9.47 Å². The number of nitrogens with zero attached hydrogens (tertiary/aromatic N) is 1. The van der Waals surface area contributed by atoms with Crippen molar-refractivity contribution in [2.75, 3.05) is 26.8 Å². The number of amides is 1. The molecule has 33 heavy (non-hydrogen) atoms. The monoisotopic (exact) mass is 447 g/mol. The molecule has 2 heterocycles. The first-order valence-electron chi connectivity index (χ1n) is 11.8. The van der Waals surface area contributed by atoms with Crippen molar-refractivity contribution in [1.82, 2.24) is 4.90 Å². The van der Waals surface area contributed by atoms with Gasteiger partial charge in [-0.05, 0) is 62.9 Å². The lowest BCUT2D eigenvalue weighted by atomic mass is 9.96. The Kier molecular flexibility index (Phi) is 7.07. The van der Waals surface area contributed by atoms with E-state index in [1.54, 1.807) is 19.4 Å². The minimum Gasteiger partial charge on any atom is -0.496 e. The van der Waals surface area contributed by atoms with E-state index >= 15 is 0 Å². The van der Waals surface area contributed by atoms with Crippen molar-refractivity contribution in [2.45, 2.75) is 46.5 Å². The quantitative estimate of drug-likeness (QED) is 0.398. The van der Waals surface area contributed by atoms with Gasteiger partial charge < -0.3 is 18.8 Å². The van der Waals surface area contributed by atoms with Gasteiger partial charge in [-0.1, -0.05) is 25.0 Å². The molecule has 5 nitrogen and oxygen atoms in total. The Balaban J connectivity index is 1.74. The number of carbonyl (C=O) groups excluding carboxylic acids is 1. The maximum atomic E-state index is 13.0. The van der Waals surface area contributed by atoms with Crippen LogP contribution in [0.3, 0.4) is 0 Å². The van der Waals surface area contributed by atoms with Gasteiger partial charge in [-0.2, -0.15) is 0 Å². The SMILES string of the molecule is CCOc1ccc(-c2coc3c(C)c(OC)c(/C(C)=C/C(=O)N4CCCCCC4)cc23)cc1. The molecule has 2 aromatic carbocycles. The summed E-state index contributed by atoms with van der Waals surface area (Å²) in [6.07, 6.45) is 8.10. The molecule has 0 N–H and O–H groups in total. The highest BCUT2D eigenvalue weighted by atomic mass is 16.5. The lowest BCUT2D eigenvalue weighted by molar-refractivity contribution is -0.125. The van der Waals surface area contributed by atoms with Crippen molar-refractivity contribution in [2.24, 2.45) is 0 Å². The molecule has 0 spiro atoms. The molecule has 3 aromatic rings. The van der Waals surface area contributed by atoms with Gasteiger partial charge in [0.1, 0.15) is 17.1 Å². The fraction of sp³-hybridized carbons (Fsp3) is 0.393. The van der Waals surface area contributed by atoms with Crippen LogP contribution in [-0.2, 0) is 4.79 Å². The zero-order valence-corrected chi connectivity index (χ0v) is 20.1. The lowest BCUT2D eigenvalue weighted by Crippen LogP contribution is -2.30. The van der Waals surface area contributed by atoms with Crippen LogP contribution in [0.5, 0.6) is 11.5 Å². The predicted octanol–water partition coefficient (Wildman–Crippen LogP) is 6.62. The molecular formula is C28H33NO4. The number of hydrogen-bond donors (Lipinski definition) is 0. The number of hydrogen-bond acceptors (Lipinski definition) is 4.